The van der Waals surface area contributed by atoms with Crippen LogP contribution >= 0.6 is 0 Å². The molecular formula is C15H19N3O3S. The fourth-order valence-corrected chi connectivity index (χ4v) is 4.56. The number of aryl methyl sites for hydroxylation is 1. The average molecular weight is 321 g/mol. The van der Waals surface area contributed by atoms with Crippen LogP contribution < -0.4 is 4.74 Å². The zero-order valence-corrected chi connectivity index (χ0v) is 13.4. The van der Waals surface area contributed by atoms with Gasteiger partial charge in [-0.3, -0.25) is 5.10 Å². The Morgan fingerprint density at radius 1 is 1.36 bits per heavy atom. The Morgan fingerprint density at radius 3 is 2.82 bits per heavy atom. The summed E-state index contributed by atoms with van der Waals surface area (Å²) in [7, 11) is -1.85. The molecule has 6 nitrogen and oxygen atoms in total. The summed E-state index contributed by atoms with van der Waals surface area (Å²) in [5.41, 5.74) is 1.63. The van der Waals surface area contributed by atoms with Crippen LogP contribution in [-0.4, -0.2) is 43.1 Å². The predicted octanol–water partition coefficient (Wildman–Crippen LogP) is 1.90. The van der Waals surface area contributed by atoms with Gasteiger partial charge in [-0.1, -0.05) is 18.2 Å². The quantitative estimate of drug-likeness (QED) is 0.933. The molecule has 0 radical (unpaired) electrons. The highest BCUT2D eigenvalue weighted by Gasteiger charge is 2.35. The molecule has 7 heteroatoms. The number of para-hydroxylation sites is 1. The summed E-state index contributed by atoms with van der Waals surface area (Å²) in [6.45, 7) is 2.69. The van der Waals surface area contributed by atoms with Crippen LogP contribution in [0.25, 0.3) is 0 Å². The lowest BCUT2D eigenvalue weighted by Gasteiger charge is -2.17. The maximum atomic E-state index is 12.7. The molecule has 0 bridgehead atoms. The summed E-state index contributed by atoms with van der Waals surface area (Å²) in [6.07, 6.45) is 2.16. The monoisotopic (exact) mass is 321 g/mol. The molecule has 1 N–H and O–H groups in total. The number of hydrogen-bond acceptors (Lipinski definition) is 4. The maximum Gasteiger partial charge on any atom is 0.246 e. The van der Waals surface area contributed by atoms with Crippen molar-refractivity contribution in [1.29, 1.82) is 0 Å². The molecule has 3 rings (SSSR count). The van der Waals surface area contributed by atoms with E-state index in [0.717, 1.165) is 17.7 Å². The fraction of sp³-hybridized carbons (Fsp3) is 0.400. The number of methoxy groups -OCH3 is 1. The molecule has 2 heterocycles. The van der Waals surface area contributed by atoms with Crippen LogP contribution in [0.5, 0.6) is 5.75 Å². The lowest BCUT2D eigenvalue weighted by atomic mass is 9.97. The van der Waals surface area contributed by atoms with Gasteiger partial charge in [-0.05, 0) is 25.0 Å². The molecule has 1 aliphatic heterocycles. The minimum Gasteiger partial charge on any atom is -0.496 e. The number of benzene rings is 1. The van der Waals surface area contributed by atoms with E-state index in [1.165, 1.54) is 10.5 Å². The minimum absolute atomic E-state index is 0.151. The van der Waals surface area contributed by atoms with E-state index in [2.05, 4.69) is 10.2 Å². The van der Waals surface area contributed by atoms with Crippen molar-refractivity contribution < 1.29 is 13.2 Å². The van der Waals surface area contributed by atoms with E-state index in [-0.39, 0.29) is 10.8 Å². The smallest absolute Gasteiger partial charge is 0.246 e. The molecule has 1 atom stereocenters. The van der Waals surface area contributed by atoms with Crippen LogP contribution in [0, 0.1) is 6.92 Å². The van der Waals surface area contributed by atoms with E-state index in [4.69, 9.17) is 4.74 Å². The van der Waals surface area contributed by atoms with Crippen molar-refractivity contribution in [3.63, 3.8) is 0 Å². The molecule has 0 unspecified atom stereocenters. The molecule has 118 valence electrons. The van der Waals surface area contributed by atoms with E-state index in [9.17, 15) is 8.42 Å². The van der Waals surface area contributed by atoms with E-state index >= 15 is 0 Å². The second-order valence-electron chi connectivity index (χ2n) is 5.45. The predicted molar refractivity (Wildman–Crippen MR) is 82.4 cm³/mol. The maximum absolute atomic E-state index is 12.7. The first-order valence-electron chi connectivity index (χ1n) is 7.17. The number of nitrogens with zero attached hydrogens (tertiary/aromatic N) is 2. The Balaban J connectivity index is 1.85. The number of rotatable bonds is 4. The lowest BCUT2D eigenvalue weighted by Crippen LogP contribution is -2.29. The van der Waals surface area contributed by atoms with Gasteiger partial charge in [0.1, 0.15) is 10.6 Å². The number of hydrogen-bond donors (Lipinski definition) is 1. The van der Waals surface area contributed by atoms with E-state index in [1.807, 2.05) is 24.3 Å². The first kappa shape index (κ1) is 15.1. The van der Waals surface area contributed by atoms with Gasteiger partial charge in [-0.25, -0.2) is 8.42 Å². The van der Waals surface area contributed by atoms with Crippen molar-refractivity contribution in [3.8, 4) is 5.75 Å². The molecule has 0 spiro atoms. The largest absolute Gasteiger partial charge is 0.496 e. The number of aromatic amines is 1. The van der Waals surface area contributed by atoms with E-state index in [1.54, 1.807) is 14.0 Å². The molecule has 1 aromatic heterocycles. The summed E-state index contributed by atoms with van der Waals surface area (Å²) in [5.74, 6) is 0.962. The Hall–Kier alpha value is -1.86. The van der Waals surface area contributed by atoms with Crippen molar-refractivity contribution in [2.45, 2.75) is 24.2 Å². The molecule has 0 amide bonds. The molecule has 0 aliphatic carbocycles. The van der Waals surface area contributed by atoms with Gasteiger partial charge in [0.15, 0.2) is 0 Å². The molecule has 1 aliphatic rings. The van der Waals surface area contributed by atoms with Crippen LogP contribution in [0.2, 0.25) is 0 Å². The van der Waals surface area contributed by atoms with Crippen LogP contribution in [-0.2, 0) is 10.0 Å². The molecule has 2 aromatic rings. The van der Waals surface area contributed by atoms with Gasteiger partial charge in [-0.15, -0.1) is 0 Å². The van der Waals surface area contributed by atoms with Crippen molar-refractivity contribution >= 4 is 10.0 Å². The van der Waals surface area contributed by atoms with Gasteiger partial charge in [0.2, 0.25) is 10.0 Å². The Morgan fingerprint density at radius 2 is 2.14 bits per heavy atom. The van der Waals surface area contributed by atoms with Crippen molar-refractivity contribution in [2.24, 2.45) is 0 Å². The van der Waals surface area contributed by atoms with E-state index < -0.39 is 10.0 Å². The number of aromatic nitrogens is 2. The first-order chi connectivity index (χ1) is 10.5. The standard InChI is InChI=1S/C15H19N3O3S/c1-11-15(9-16-17-11)22(19,20)18-8-7-12(10-18)13-5-3-4-6-14(13)21-2/h3-6,9,12H,7-8,10H2,1-2H3,(H,16,17)/t12-/m1/s1. The highest BCUT2D eigenvalue weighted by Crippen LogP contribution is 2.35. The third-order valence-corrected chi connectivity index (χ3v) is 6.11. The molecule has 1 fully saturated rings. The summed E-state index contributed by atoms with van der Waals surface area (Å²) in [4.78, 5) is 0.258. The second-order valence-corrected chi connectivity index (χ2v) is 7.36. The number of ether oxygens (including phenoxy) is 1. The third kappa shape index (κ3) is 2.50. The first-order valence-corrected chi connectivity index (χ1v) is 8.61. The van der Waals surface area contributed by atoms with Crippen LogP contribution in [0.4, 0.5) is 0 Å². The SMILES string of the molecule is COc1ccccc1[C@@H]1CCN(S(=O)(=O)c2cn[nH]c2C)C1. The van der Waals surface area contributed by atoms with Gasteiger partial charge >= 0.3 is 0 Å². The van der Waals surface area contributed by atoms with Crippen LogP contribution in [0.3, 0.4) is 0 Å². The van der Waals surface area contributed by atoms with Gasteiger partial charge in [0, 0.05) is 19.0 Å². The van der Waals surface area contributed by atoms with Crippen LogP contribution in [0.15, 0.2) is 35.4 Å². The number of sulfonamides is 1. The summed E-state index contributed by atoms with van der Waals surface area (Å²) in [5, 5.41) is 6.50. The average Bonchev–Trinajstić information content (AvgIpc) is 3.16. The number of H-pyrrole nitrogens is 1. The van der Waals surface area contributed by atoms with Crippen molar-refractivity contribution in [1.82, 2.24) is 14.5 Å². The summed E-state index contributed by atoms with van der Waals surface area (Å²) < 4.78 is 32.3. The molecule has 22 heavy (non-hydrogen) atoms. The minimum atomic E-state index is -3.49. The molecule has 0 saturated carbocycles. The molecular weight excluding hydrogens is 302 g/mol. The Kier molecular flexibility index (Phi) is 3.92. The van der Waals surface area contributed by atoms with Crippen molar-refractivity contribution in [3.05, 3.63) is 41.7 Å². The summed E-state index contributed by atoms with van der Waals surface area (Å²) in [6, 6.07) is 7.78. The van der Waals surface area contributed by atoms with Gasteiger partial charge in [0.05, 0.1) is 19.0 Å². The Bertz CT molecular complexity index is 770. The lowest BCUT2D eigenvalue weighted by molar-refractivity contribution is 0.405. The summed E-state index contributed by atoms with van der Waals surface area (Å²) >= 11 is 0. The van der Waals surface area contributed by atoms with Crippen molar-refractivity contribution in [2.75, 3.05) is 20.2 Å². The fourth-order valence-electron chi connectivity index (χ4n) is 2.94. The molecule has 1 saturated heterocycles. The highest BCUT2D eigenvalue weighted by molar-refractivity contribution is 7.89. The van der Waals surface area contributed by atoms with E-state index in [0.29, 0.717) is 18.8 Å². The third-order valence-electron chi connectivity index (χ3n) is 4.13. The van der Waals surface area contributed by atoms with Gasteiger partial charge in [0.25, 0.3) is 0 Å². The van der Waals surface area contributed by atoms with Gasteiger partial charge < -0.3 is 4.74 Å². The zero-order chi connectivity index (χ0) is 15.7. The van der Waals surface area contributed by atoms with Gasteiger partial charge in [-0.2, -0.15) is 9.40 Å². The zero-order valence-electron chi connectivity index (χ0n) is 12.6. The second kappa shape index (κ2) is 5.73. The topological polar surface area (TPSA) is 75.3 Å². The number of nitrogens with one attached hydrogen (secondary N) is 1. The Labute approximate surface area is 130 Å². The molecule has 1 aromatic carbocycles. The highest BCUT2D eigenvalue weighted by atomic mass is 32.2. The van der Waals surface area contributed by atoms with Crippen LogP contribution in [0.1, 0.15) is 23.6 Å². The normalized spacial score (nSPS) is 19.5.